The first kappa shape index (κ1) is 17.8. The Balaban J connectivity index is -0.000000845. The molecule has 0 bridgehead atoms. The van der Waals surface area contributed by atoms with Gasteiger partial charge in [-0.1, -0.05) is 32.8 Å². The van der Waals surface area contributed by atoms with Crippen LogP contribution in [0.2, 0.25) is 0 Å². The molecule has 0 aliphatic rings. The van der Waals surface area contributed by atoms with Crippen LogP contribution >= 0.6 is 0 Å². The van der Waals surface area contributed by atoms with Crippen molar-refractivity contribution in [3.8, 4) is 0 Å². The Labute approximate surface area is 116 Å². The molecule has 0 amide bonds. The van der Waals surface area contributed by atoms with Crippen molar-refractivity contribution in [3.63, 3.8) is 0 Å². The molecule has 0 aromatic rings. The van der Waals surface area contributed by atoms with Gasteiger partial charge in [0.2, 0.25) is 0 Å². The van der Waals surface area contributed by atoms with E-state index in [1.807, 2.05) is 0 Å². The molecule has 0 heterocycles. The molecule has 0 radical (unpaired) electrons. The molecule has 0 aliphatic carbocycles. The first-order valence-corrected chi connectivity index (χ1v) is 6.32. The fourth-order valence-corrected chi connectivity index (χ4v) is 1.48. The largest absolute Gasteiger partial charge is 1.00 e. The quantitative estimate of drug-likeness (QED) is 0.261. The molecule has 1 N–H and O–H groups in total. The van der Waals surface area contributed by atoms with Gasteiger partial charge in [-0.2, -0.15) is 8.42 Å². The molecule has 0 rings (SSSR count). The third-order valence-electron chi connectivity index (χ3n) is 1.65. The van der Waals surface area contributed by atoms with Crippen molar-refractivity contribution < 1.29 is 48.7 Å². The van der Waals surface area contributed by atoms with Gasteiger partial charge < -0.3 is 6.16 Å². The van der Waals surface area contributed by atoms with Crippen LogP contribution in [0.4, 0.5) is 0 Å². The van der Waals surface area contributed by atoms with Crippen LogP contribution < -0.4 is 29.6 Å². The van der Waals surface area contributed by atoms with Gasteiger partial charge in [-0.05, 0) is 6.42 Å². The summed E-state index contributed by atoms with van der Waals surface area (Å²) in [6.45, 7) is 5.97. The van der Waals surface area contributed by atoms with Crippen LogP contribution in [0.15, 0.2) is 12.3 Å². The fraction of sp³-hybridized carbons (Fsp3) is 0.778. The van der Waals surface area contributed by atoms with Gasteiger partial charge in [0, 0.05) is 0 Å². The molecule has 0 saturated heterocycles. The molecule has 0 aliphatic heterocycles. The van der Waals surface area contributed by atoms with Crippen molar-refractivity contribution in [2.75, 3.05) is 12.4 Å². The first-order valence-electron chi connectivity index (χ1n) is 4.71. The minimum absolute atomic E-state index is 0. The standard InChI is InChI=1S/C9H18O4S.Na.H/c1-3-4-5-6-7-13-9(2)8-14(10,11)12;;/h2-8H2,1H3,(H,10,11,12);;/q;+1;-1. The molecule has 15 heavy (non-hydrogen) atoms. The fourth-order valence-electron chi connectivity index (χ4n) is 0.990. The Kier molecular flexibility index (Phi) is 11.5. The summed E-state index contributed by atoms with van der Waals surface area (Å²) in [4.78, 5) is 0. The van der Waals surface area contributed by atoms with Gasteiger partial charge in [-0.3, -0.25) is 4.55 Å². The van der Waals surface area contributed by atoms with Crippen LogP contribution in [0.25, 0.3) is 0 Å². The van der Waals surface area contributed by atoms with Gasteiger partial charge in [0.05, 0.1) is 6.61 Å². The zero-order chi connectivity index (χ0) is 11.0. The molecule has 0 fully saturated rings. The maximum Gasteiger partial charge on any atom is 1.00 e. The molecule has 0 aromatic carbocycles. The van der Waals surface area contributed by atoms with Crippen molar-refractivity contribution in [1.29, 1.82) is 0 Å². The van der Waals surface area contributed by atoms with Crippen LogP contribution in [-0.2, 0) is 14.9 Å². The van der Waals surface area contributed by atoms with Crippen molar-refractivity contribution >= 4 is 10.1 Å². The van der Waals surface area contributed by atoms with Crippen LogP contribution in [0.3, 0.4) is 0 Å². The summed E-state index contributed by atoms with van der Waals surface area (Å²) in [6.07, 6.45) is 4.24. The Bertz CT molecular complexity index is 267. The third kappa shape index (κ3) is 14.5. The second-order valence-corrected chi connectivity index (χ2v) is 4.63. The normalized spacial score (nSPS) is 10.5. The second-order valence-electron chi connectivity index (χ2n) is 3.17. The van der Waals surface area contributed by atoms with E-state index in [9.17, 15) is 8.42 Å². The zero-order valence-electron chi connectivity index (χ0n) is 10.5. The molecule has 0 saturated carbocycles. The molecule has 6 heteroatoms. The predicted octanol–water partition coefficient (Wildman–Crippen LogP) is -0.899. The van der Waals surface area contributed by atoms with E-state index >= 15 is 0 Å². The van der Waals surface area contributed by atoms with E-state index in [2.05, 4.69) is 13.5 Å². The summed E-state index contributed by atoms with van der Waals surface area (Å²) >= 11 is 0. The molecule has 0 unspecified atom stereocenters. The molecule has 0 atom stereocenters. The van der Waals surface area contributed by atoms with Gasteiger partial charge in [0.15, 0.2) is 0 Å². The third-order valence-corrected chi connectivity index (χ3v) is 2.33. The number of rotatable bonds is 8. The van der Waals surface area contributed by atoms with Crippen molar-refractivity contribution in [2.24, 2.45) is 0 Å². The Morgan fingerprint density at radius 2 is 2.00 bits per heavy atom. The van der Waals surface area contributed by atoms with Gasteiger partial charge in [0.25, 0.3) is 10.1 Å². The minimum atomic E-state index is -4.00. The van der Waals surface area contributed by atoms with Crippen molar-refractivity contribution in [3.05, 3.63) is 12.3 Å². The summed E-state index contributed by atoms with van der Waals surface area (Å²) in [5.74, 6) is -0.412. The number of unbranched alkanes of at least 4 members (excludes halogenated alkanes) is 3. The summed E-state index contributed by atoms with van der Waals surface area (Å²) in [5.41, 5.74) is 0. The van der Waals surface area contributed by atoms with Gasteiger partial charge in [-0.25, -0.2) is 0 Å². The maximum atomic E-state index is 10.4. The number of hydrogen-bond acceptors (Lipinski definition) is 3. The van der Waals surface area contributed by atoms with Crippen LogP contribution in [0, 0.1) is 0 Å². The topological polar surface area (TPSA) is 63.6 Å². The second kappa shape index (κ2) is 9.66. The average molecular weight is 246 g/mol. The minimum Gasteiger partial charge on any atom is -1.00 e. The van der Waals surface area contributed by atoms with E-state index in [4.69, 9.17) is 9.29 Å². The summed E-state index contributed by atoms with van der Waals surface area (Å²) in [6, 6.07) is 0. The molecule has 0 spiro atoms. The summed E-state index contributed by atoms with van der Waals surface area (Å²) in [5, 5.41) is 0. The van der Waals surface area contributed by atoms with Crippen LogP contribution in [-0.4, -0.2) is 25.3 Å². The van der Waals surface area contributed by atoms with E-state index < -0.39 is 15.9 Å². The van der Waals surface area contributed by atoms with E-state index in [1.165, 1.54) is 0 Å². The Morgan fingerprint density at radius 1 is 1.40 bits per heavy atom. The van der Waals surface area contributed by atoms with E-state index in [-0.39, 0.29) is 36.7 Å². The van der Waals surface area contributed by atoms with Gasteiger partial charge in [0.1, 0.15) is 11.5 Å². The molecule has 4 nitrogen and oxygen atoms in total. The van der Waals surface area contributed by atoms with Crippen LogP contribution in [0.5, 0.6) is 0 Å². The summed E-state index contributed by atoms with van der Waals surface area (Å²) < 4.78 is 34.3. The van der Waals surface area contributed by atoms with Gasteiger partial charge >= 0.3 is 29.6 Å². The predicted molar refractivity (Wildman–Crippen MR) is 56.8 cm³/mol. The molecule has 86 valence electrons. The number of ether oxygens (including phenoxy) is 1. The molecular weight excluding hydrogens is 227 g/mol. The van der Waals surface area contributed by atoms with Crippen molar-refractivity contribution in [2.45, 2.75) is 32.6 Å². The van der Waals surface area contributed by atoms with E-state index in [1.54, 1.807) is 0 Å². The molecule has 0 aromatic heterocycles. The SMILES string of the molecule is C=C(CS(=O)(=O)O)OCCCCCC.[H-].[Na+]. The van der Waals surface area contributed by atoms with Gasteiger partial charge in [-0.15, -0.1) is 0 Å². The smallest absolute Gasteiger partial charge is 1.00 e. The molecular formula is C9H19NaO4S. The summed E-state index contributed by atoms with van der Waals surface area (Å²) in [7, 11) is -4.00. The van der Waals surface area contributed by atoms with Crippen molar-refractivity contribution in [1.82, 2.24) is 0 Å². The zero-order valence-corrected chi connectivity index (χ0v) is 12.3. The Morgan fingerprint density at radius 3 is 2.47 bits per heavy atom. The maximum absolute atomic E-state index is 10.4. The average Bonchev–Trinajstić information content (AvgIpc) is 2.00. The van der Waals surface area contributed by atoms with E-state index in [0.717, 1.165) is 25.7 Å². The van der Waals surface area contributed by atoms with Crippen LogP contribution in [0.1, 0.15) is 34.0 Å². The van der Waals surface area contributed by atoms with E-state index in [0.29, 0.717) is 6.61 Å². The first-order chi connectivity index (χ1) is 6.45. The Hall–Kier alpha value is 0.450. The monoisotopic (exact) mass is 246 g/mol. The number of hydrogen-bond donors (Lipinski definition) is 1.